The molecule has 0 radical (unpaired) electrons. The number of hydrogen-bond acceptors (Lipinski definition) is 7. The molecule has 1 aromatic carbocycles. The van der Waals surface area contributed by atoms with Crippen LogP contribution in [0.15, 0.2) is 29.3 Å². The lowest BCUT2D eigenvalue weighted by Gasteiger charge is -2.34. The third kappa shape index (κ3) is 3.32. The van der Waals surface area contributed by atoms with Gasteiger partial charge in [-0.2, -0.15) is 22.5 Å². The van der Waals surface area contributed by atoms with E-state index in [2.05, 4.69) is 19.7 Å². The van der Waals surface area contributed by atoms with Crippen LogP contribution in [0.25, 0.3) is 0 Å². The van der Waals surface area contributed by atoms with Gasteiger partial charge in [0.25, 0.3) is 5.88 Å². The summed E-state index contributed by atoms with van der Waals surface area (Å²) >= 11 is 1.28. The number of aliphatic imine (C=N–C) groups is 1. The van der Waals surface area contributed by atoms with Gasteiger partial charge >= 0.3 is 6.18 Å². The number of methoxy groups -OCH3 is 1. The zero-order valence-corrected chi connectivity index (χ0v) is 16.4. The van der Waals surface area contributed by atoms with Crippen molar-refractivity contribution in [3.05, 3.63) is 47.2 Å². The molecule has 3 heterocycles. The molecule has 0 bridgehead atoms. The maximum absolute atomic E-state index is 14.7. The number of alkyl halides is 3. The Kier molecular flexibility index (Phi) is 4.99. The van der Waals surface area contributed by atoms with Crippen LogP contribution in [-0.4, -0.2) is 41.1 Å². The van der Waals surface area contributed by atoms with Crippen molar-refractivity contribution in [3.63, 3.8) is 0 Å². The standard InChI is InChI=1S/C18H16F5N5OS/c1-29-14-12(20)13(18(21,22)23)25-16(26-14)28-6-9-7-30-15(24)27-17(9,8-28)10-4-2-3-5-11(10)19/h2-5,9H,6-8H2,1H3,(H2,24,27). The Morgan fingerprint density at radius 1 is 1.23 bits per heavy atom. The minimum absolute atomic E-state index is 0.0219. The summed E-state index contributed by atoms with van der Waals surface area (Å²) in [4.78, 5) is 13.2. The molecule has 6 nitrogen and oxygen atoms in total. The van der Waals surface area contributed by atoms with Gasteiger partial charge in [-0.1, -0.05) is 30.0 Å². The highest BCUT2D eigenvalue weighted by molar-refractivity contribution is 8.13. The summed E-state index contributed by atoms with van der Waals surface area (Å²) in [6.45, 7) is 0.163. The number of amidine groups is 1. The second-order valence-electron chi connectivity index (χ2n) is 6.94. The highest BCUT2D eigenvalue weighted by atomic mass is 32.2. The van der Waals surface area contributed by atoms with Crippen molar-refractivity contribution in [1.29, 1.82) is 0 Å². The van der Waals surface area contributed by atoms with Crippen molar-refractivity contribution < 1.29 is 26.7 Å². The van der Waals surface area contributed by atoms with Gasteiger partial charge in [-0.3, -0.25) is 0 Å². The number of aromatic nitrogens is 2. The number of nitrogens with zero attached hydrogens (tertiary/aromatic N) is 4. The van der Waals surface area contributed by atoms with Gasteiger partial charge < -0.3 is 15.4 Å². The number of rotatable bonds is 3. The molecule has 30 heavy (non-hydrogen) atoms. The number of ether oxygens (including phenoxy) is 1. The normalized spacial score (nSPS) is 23.9. The molecule has 2 atom stereocenters. The van der Waals surface area contributed by atoms with Gasteiger partial charge in [0.05, 0.1) is 13.7 Å². The molecule has 1 saturated heterocycles. The van der Waals surface area contributed by atoms with Crippen molar-refractivity contribution in [2.45, 2.75) is 11.7 Å². The second kappa shape index (κ2) is 7.25. The van der Waals surface area contributed by atoms with E-state index < -0.39 is 34.9 Å². The molecular formula is C18H16F5N5OS. The van der Waals surface area contributed by atoms with Gasteiger partial charge in [-0.05, 0) is 6.07 Å². The van der Waals surface area contributed by atoms with Crippen LogP contribution in [0.1, 0.15) is 11.3 Å². The van der Waals surface area contributed by atoms with Gasteiger partial charge in [0.1, 0.15) is 11.4 Å². The fraction of sp³-hybridized carbons (Fsp3) is 0.389. The minimum Gasteiger partial charge on any atom is -0.479 e. The Morgan fingerprint density at radius 3 is 2.63 bits per heavy atom. The maximum atomic E-state index is 14.7. The minimum atomic E-state index is -5.04. The van der Waals surface area contributed by atoms with E-state index in [0.29, 0.717) is 5.75 Å². The molecule has 2 unspecified atom stereocenters. The molecule has 0 amide bonds. The summed E-state index contributed by atoms with van der Waals surface area (Å²) in [5.74, 6) is -3.18. The van der Waals surface area contributed by atoms with Gasteiger partial charge in [0, 0.05) is 23.8 Å². The van der Waals surface area contributed by atoms with Crippen LogP contribution < -0.4 is 15.4 Å². The molecule has 2 aromatic rings. The average Bonchev–Trinajstić information content (AvgIpc) is 3.07. The van der Waals surface area contributed by atoms with Crippen LogP contribution in [0.3, 0.4) is 0 Å². The van der Waals surface area contributed by atoms with Crippen LogP contribution in [0.2, 0.25) is 0 Å². The van der Waals surface area contributed by atoms with E-state index in [-0.39, 0.29) is 35.7 Å². The van der Waals surface area contributed by atoms with E-state index in [4.69, 9.17) is 5.73 Å². The molecule has 0 spiro atoms. The molecule has 1 fully saturated rings. The topological polar surface area (TPSA) is 76.6 Å². The Labute approximate surface area is 172 Å². The smallest absolute Gasteiger partial charge is 0.436 e. The van der Waals surface area contributed by atoms with Crippen molar-refractivity contribution in [3.8, 4) is 5.88 Å². The van der Waals surface area contributed by atoms with Crippen LogP contribution in [0.5, 0.6) is 5.88 Å². The van der Waals surface area contributed by atoms with Crippen molar-refractivity contribution in [1.82, 2.24) is 9.97 Å². The van der Waals surface area contributed by atoms with E-state index in [1.54, 1.807) is 12.1 Å². The summed E-state index contributed by atoms with van der Waals surface area (Å²) in [5, 5.41) is 0.255. The van der Waals surface area contributed by atoms with Crippen molar-refractivity contribution >= 4 is 22.9 Å². The van der Waals surface area contributed by atoms with E-state index in [9.17, 15) is 22.0 Å². The summed E-state index contributed by atoms with van der Waals surface area (Å²) in [6, 6.07) is 6.05. The number of benzene rings is 1. The predicted molar refractivity (Wildman–Crippen MR) is 101 cm³/mol. The van der Waals surface area contributed by atoms with Crippen LogP contribution >= 0.6 is 11.8 Å². The summed E-state index contributed by atoms with van der Waals surface area (Å²) in [7, 11) is 1.02. The first-order chi connectivity index (χ1) is 14.2. The average molecular weight is 445 g/mol. The maximum Gasteiger partial charge on any atom is 0.436 e. The fourth-order valence-corrected chi connectivity index (χ4v) is 4.82. The first kappa shape index (κ1) is 20.6. The molecule has 4 rings (SSSR count). The number of anilines is 1. The lowest BCUT2D eigenvalue weighted by molar-refractivity contribution is -0.143. The highest BCUT2D eigenvalue weighted by Gasteiger charge is 2.52. The first-order valence-electron chi connectivity index (χ1n) is 8.82. The van der Waals surface area contributed by atoms with Crippen molar-refractivity contribution in [2.24, 2.45) is 16.6 Å². The number of nitrogens with two attached hydrogens (primary N) is 1. The molecule has 12 heteroatoms. The second-order valence-corrected chi connectivity index (χ2v) is 7.98. The lowest BCUT2D eigenvalue weighted by Crippen LogP contribution is -2.40. The van der Waals surface area contributed by atoms with E-state index in [0.717, 1.165) is 7.11 Å². The quantitative estimate of drug-likeness (QED) is 0.732. The molecule has 0 saturated carbocycles. The number of halogens is 5. The van der Waals surface area contributed by atoms with Crippen LogP contribution in [0.4, 0.5) is 27.9 Å². The van der Waals surface area contributed by atoms with E-state index in [1.165, 1.54) is 28.8 Å². The summed E-state index contributed by atoms with van der Waals surface area (Å²) < 4.78 is 73.3. The summed E-state index contributed by atoms with van der Waals surface area (Å²) in [6.07, 6.45) is -5.04. The van der Waals surface area contributed by atoms with Crippen LogP contribution in [0, 0.1) is 17.6 Å². The van der Waals surface area contributed by atoms with Crippen LogP contribution in [-0.2, 0) is 11.7 Å². The fourth-order valence-electron chi connectivity index (χ4n) is 3.84. The summed E-state index contributed by atoms with van der Waals surface area (Å²) in [5.41, 5.74) is 3.35. The third-order valence-electron chi connectivity index (χ3n) is 5.18. The highest BCUT2D eigenvalue weighted by Crippen LogP contribution is 2.47. The third-order valence-corrected chi connectivity index (χ3v) is 6.14. The largest absolute Gasteiger partial charge is 0.479 e. The zero-order chi connectivity index (χ0) is 21.7. The number of fused-ring (bicyclic) bond motifs is 1. The Morgan fingerprint density at radius 2 is 1.97 bits per heavy atom. The van der Waals surface area contributed by atoms with Gasteiger partial charge in [-0.25, -0.2) is 14.4 Å². The molecule has 0 aliphatic carbocycles. The zero-order valence-electron chi connectivity index (χ0n) is 15.6. The van der Waals surface area contributed by atoms with Crippen molar-refractivity contribution in [2.75, 3.05) is 30.9 Å². The molecule has 160 valence electrons. The Hall–Kier alpha value is -2.63. The lowest BCUT2D eigenvalue weighted by atomic mass is 9.81. The molecule has 2 aliphatic heterocycles. The van der Waals surface area contributed by atoms with E-state index >= 15 is 0 Å². The van der Waals surface area contributed by atoms with Gasteiger partial charge in [0.2, 0.25) is 11.8 Å². The molecule has 2 N–H and O–H groups in total. The Balaban J connectivity index is 1.82. The monoisotopic (exact) mass is 445 g/mol. The molecule has 1 aromatic heterocycles. The number of thioether (sulfide) groups is 1. The first-order valence-corrected chi connectivity index (χ1v) is 9.81. The van der Waals surface area contributed by atoms with Gasteiger partial charge in [-0.15, -0.1) is 0 Å². The van der Waals surface area contributed by atoms with Gasteiger partial charge in [0.15, 0.2) is 10.9 Å². The molecule has 2 aliphatic rings. The number of hydrogen-bond donors (Lipinski definition) is 1. The Bertz CT molecular complexity index is 1020. The molecular weight excluding hydrogens is 429 g/mol. The van der Waals surface area contributed by atoms with E-state index in [1.807, 2.05) is 0 Å². The predicted octanol–water partition coefficient (Wildman–Crippen LogP) is 3.18. The SMILES string of the molecule is COc1nc(N2CC3CSC(N)=NC3(c3ccccc3F)C2)nc(C(F)(F)F)c1F.